The van der Waals surface area contributed by atoms with Crippen molar-refractivity contribution >= 4 is 17.3 Å². The molecule has 2 N–H and O–H groups in total. The Morgan fingerprint density at radius 2 is 1.86 bits per heavy atom. The first-order valence-electron chi connectivity index (χ1n) is 8.97. The molecule has 4 nitrogen and oxygen atoms in total. The van der Waals surface area contributed by atoms with Crippen LogP contribution in [0.1, 0.15) is 28.8 Å². The monoisotopic (exact) mass is 395 g/mol. The van der Waals surface area contributed by atoms with E-state index in [-0.39, 0.29) is 0 Å². The number of carbonyl (C=O) groups excluding carboxylic acids is 1. The van der Waals surface area contributed by atoms with Gasteiger partial charge in [-0.3, -0.25) is 4.79 Å². The highest BCUT2D eigenvalue weighted by Gasteiger charge is 2.35. The molecule has 1 aliphatic heterocycles. The maximum atomic E-state index is 13.2. The highest BCUT2D eigenvalue weighted by Crippen LogP contribution is 2.33. The van der Waals surface area contributed by atoms with Crippen LogP contribution in [0.3, 0.4) is 0 Å². The number of amides is 1. The van der Waals surface area contributed by atoms with E-state index in [1.165, 1.54) is 0 Å². The van der Waals surface area contributed by atoms with E-state index in [1.54, 1.807) is 18.2 Å². The molecule has 0 saturated carbocycles. The zero-order chi connectivity index (χ0) is 20.3. The van der Waals surface area contributed by atoms with Crippen molar-refractivity contribution in [1.82, 2.24) is 5.32 Å². The Labute approximate surface area is 160 Å². The van der Waals surface area contributed by atoms with Crippen LogP contribution in [0.4, 0.5) is 28.9 Å². The average molecular weight is 395 g/mol. The summed E-state index contributed by atoms with van der Waals surface area (Å²) in [5.74, 6) is -1.98. The van der Waals surface area contributed by atoms with Crippen molar-refractivity contribution in [3.63, 3.8) is 0 Å². The van der Waals surface area contributed by atoms with Gasteiger partial charge in [-0.15, -0.1) is 0 Å². The number of nitrogens with zero attached hydrogens (tertiary/aromatic N) is 1. The van der Waals surface area contributed by atoms with E-state index < -0.39 is 29.0 Å². The molecule has 2 aromatic rings. The van der Waals surface area contributed by atoms with Gasteiger partial charge in [0.05, 0.1) is 11.1 Å². The molecule has 1 amide bonds. The summed E-state index contributed by atoms with van der Waals surface area (Å²) in [6.07, 6.45) is -2.86. The van der Waals surface area contributed by atoms with Gasteiger partial charge in [-0.05, 0) is 62.3 Å². The Balaban J connectivity index is 1.80. The molecule has 0 aromatic heterocycles. The summed E-state index contributed by atoms with van der Waals surface area (Å²) >= 11 is 0. The maximum absolute atomic E-state index is 13.2. The van der Waals surface area contributed by atoms with Crippen LogP contribution in [0.5, 0.6) is 0 Å². The second-order valence-corrected chi connectivity index (χ2v) is 6.78. The van der Waals surface area contributed by atoms with Crippen molar-refractivity contribution in [3.8, 4) is 0 Å². The number of piperidine rings is 1. The summed E-state index contributed by atoms with van der Waals surface area (Å²) in [6, 6.07) is 9.31. The van der Waals surface area contributed by atoms with E-state index >= 15 is 0 Å². The van der Waals surface area contributed by atoms with Crippen LogP contribution in [0.25, 0.3) is 0 Å². The summed E-state index contributed by atoms with van der Waals surface area (Å²) in [4.78, 5) is 14.5. The molecule has 2 aromatic carbocycles. The smallest absolute Gasteiger partial charge is 0.371 e. The first-order valence-corrected chi connectivity index (χ1v) is 8.97. The van der Waals surface area contributed by atoms with Crippen LogP contribution in [0.2, 0.25) is 0 Å². The Morgan fingerprint density at radius 1 is 1.14 bits per heavy atom. The Bertz CT molecular complexity index is 848. The quantitative estimate of drug-likeness (QED) is 0.760. The standard InChI is InChI=1S/C20H21F4N3O/c1-27(15-7-9-25-10-8-15)16-4-2-3-14(12-16)26-19(28)17-6-5-13(21)11-18(17)20(22,23)24/h2-6,11-12,15,25H,7-10H2,1H3,(H,26,28). The molecule has 1 saturated heterocycles. The lowest BCUT2D eigenvalue weighted by Crippen LogP contribution is -2.41. The van der Waals surface area contributed by atoms with Gasteiger partial charge in [0.2, 0.25) is 0 Å². The van der Waals surface area contributed by atoms with Crippen LogP contribution in [0.15, 0.2) is 42.5 Å². The van der Waals surface area contributed by atoms with Crippen molar-refractivity contribution in [2.45, 2.75) is 25.1 Å². The molecule has 1 fully saturated rings. The van der Waals surface area contributed by atoms with E-state index in [9.17, 15) is 22.4 Å². The van der Waals surface area contributed by atoms with Crippen LogP contribution in [0, 0.1) is 5.82 Å². The Morgan fingerprint density at radius 3 is 2.54 bits per heavy atom. The van der Waals surface area contributed by atoms with E-state index in [0.717, 1.165) is 43.8 Å². The highest BCUT2D eigenvalue weighted by atomic mass is 19.4. The van der Waals surface area contributed by atoms with Gasteiger partial charge in [0.1, 0.15) is 5.82 Å². The van der Waals surface area contributed by atoms with E-state index in [0.29, 0.717) is 17.8 Å². The lowest BCUT2D eigenvalue weighted by Gasteiger charge is -2.33. The van der Waals surface area contributed by atoms with Gasteiger partial charge in [-0.2, -0.15) is 13.2 Å². The first kappa shape index (κ1) is 20.1. The molecule has 28 heavy (non-hydrogen) atoms. The number of halogens is 4. The predicted molar refractivity (Wildman–Crippen MR) is 100 cm³/mol. The maximum Gasteiger partial charge on any atom is 0.417 e. The molecule has 1 heterocycles. The lowest BCUT2D eigenvalue weighted by molar-refractivity contribution is -0.138. The van der Waals surface area contributed by atoms with Crippen molar-refractivity contribution in [3.05, 3.63) is 59.4 Å². The first-order chi connectivity index (χ1) is 13.3. The fourth-order valence-electron chi connectivity index (χ4n) is 3.36. The van der Waals surface area contributed by atoms with Crippen molar-refractivity contribution in [1.29, 1.82) is 0 Å². The minimum atomic E-state index is -4.83. The van der Waals surface area contributed by atoms with Gasteiger partial charge in [0.15, 0.2) is 0 Å². The fourth-order valence-corrected chi connectivity index (χ4v) is 3.36. The zero-order valence-corrected chi connectivity index (χ0v) is 15.3. The van der Waals surface area contributed by atoms with E-state index in [1.807, 2.05) is 13.1 Å². The predicted octanol–water partition coefficient (Wildman–Crippen LogP) is 4.29. The number of rotatable bonds is 4. The van der Waals surface area contributed by atoms with E-state index in [2.05, 4.69) is 15.5 Å². The molecule has 0 radical (unpaired) electrons. The van der Waals surface area contributed by atoms with Crippen LogP contribution < -0.4 is 15.5 Å². The third kappa shape index (κ3) is 4.62. The average Bonchev–Trinajstić information content (AvgIpc) is 2.67. The second-order valence-electron chi connectivity index (χ2n) is 6.78. The summed E-state index contributed by atoms with van der Waals surface area (Å²) in [7, 11) is 1.96. The number of hydrogen-bond acceptors (Lipinski definition) is 3. The lowest BCUT2D eigenvalue weighted by atomic mass is 10.0. The largest absolute Gasteiger partial charge is 0.417 e. The van der Waals surface area contributed by atoms with E-state index in [4.69, 9.17) is 0 Å². The van der Waals surface area contributed by atoms with Crippen LogP contribution in [-0.2, 0) is 6.18 Å². The van der Waals surface area contributed by atoms with Gasteiger partial charge < -0.3 is 15.5 Å². The number of hydrogen-bond donors (Lipinski definition) is 2. The number of alkyl halides is 3. The minimum Gasteiger partial charge on any atom is -0.371 e. The number of anilines is 2. The molecule has 0 unspecified atom stereocenters. The number of carbonyl (C=O) groups is 1. The van der Waals surface area contributed by atoms with Crippen LogP contribution in [-0.4, -0.2) is 32.1 Å². The third-order valence-electron chi connectivity index (χ3n) is 4.90. The van der Waals surface area contributed by atoms with Crippen molar-refractivity contribution < 1.29 is 22.4 Å². The second kappa shape index (κ2) is 8.18. The minimum absolute atomic E-state index is 0.330. The molecule has 0 bridgehead atoms. The van der Waals surface area contributed by atoms with Crippen LogP contribution >= 0.6 is 0 Å². The van der Waals surface area contributed by atoms with Gasteiger partial charge in [0.25, 0.3) is 5.91 Å². The zero-order valence-electron chi connectivity index (χ0n) is 15.3. The SMILES string of the molecule is CN(c1cccc(NC(=O)c2ccc(F)cc2C(F)(F)F)c1)C1CCNCC1. The molecule has 150 valence electrons. The molecular weight excluding hydrogens is 374 g/mol. The summed E-state index contributed by atoms with van der Waals surface area (Å²) in [6.45, 7) is 1.85. The van der Waals surface area contributed by atoms with Gasteiger partial charge in [-0.25, -0.2) is 4.39 Å². The molecule has 8 heteroatoms. The molecule has 0 atom stereocenters. The third-order valence-corrected chi connectivity index (χ3v) is 4.90. The van der Waals surface area contributed by atoms with Crippen molar-refractivity contribution in [2.24, 2.45) is 0 Å². The summed E-state index contributed by atoms with van der Waals surface area (Å²) in [5.41, 5.74) is -0.681. The Hall–Kier alpha value is -2.61. The number of benzene rings is 2. The molecular formula is C20H21F4N3O. The Kier molecular flexibility index (Phi) is 5.88. The molecule has 0 aliphatic carbocycles. The van der Waals surface area contributed by atoms with Gasteiger partial charge >= 0.3 is 6.18 Å². The normalized spacial score (nSPS) is 15.3. The summed E-state index contributed by atoms with van der Waals surface area (Å²) in [5, 5.41) is 5.78. The van der Waals surface area contributed by atoms with Gasteiger partial charge in [0, 0.05) is 24.5 Å². The molecule has 0 spiro atoms. The molecule has 3 rings (SSSR count). The molecule has 1 aliphatic rings. The van der Waals surface area contributed by atoms with Gasteiger partial charge in [-0.1, -0.05) is 6.07 Å². The summed E-state index contributed by atoms with van der Waals surface area (Å²) < 4.78 is 52.7. The highest BCUT2D eigenvalue weighted by molar-refractivity contribution is 6.05. The fraction of sp³-hybridized carbons (Fsp3) is 0.350. The van der Waals surface area contributed by atoms with Crippen molar-refractivity contribution in [2.75, 3.05) is 30.4 Å². The number of nitrogens with one attached hydrogen (secondary N) is 2. The topological polar surface area (TPSA) is 44.4 Å².